The third-order valence-electron chi connectivity index (χ3n) is 2.98. The molecule has 0 aliphatic heterocycles. The van der Waals surface area contributed by atoms with Crippen molar-refractivity contribution in [2.75, 3.05) is 5.32 Å². The second kappa shape index (κ2) is 5.79. The van der Waals surface area contributed by atoms with E-state index in [1.54, 1.807) is 0 Å². The summed E-state index contributed by atoms with van der Waals surface area (Å²) >= 11 is 3.46. The van der Waals surface area contributed by atoms with Crippen LogP contribution in [-0.4, -0.2) is 5.11 Å². The maximum absolute atomic E-state index is 13.3. The molecule has 2 nitrogen and oxygen atoms in total. The topological polar surface area (TPSA) is 32.3 Å². The van der Waals surface area contributed by atoms with Crippen molar-refractivity contribution < 1.29 is 13.9 Å². The first-order valence-electron chi connectivity index (χ1n) is 6.06. The highest BCUT2D eigenvalue weighted by atomic mass is 79.9. The summed E-state index contributed by atoms with van der Waals surface area (Å²) in [6.07, 6.45) is 0. The molecule has 0 bridgehead atoms. The molecule has 2 rings (SSSR count). The molecule has 0 spiro atoms. The van der Waals surface area contributed by atoms with Crippen LogP contribution < -0.4 is 5.32 Å². The lowest BCUT2D eigenvalue weighted by molar-refractivity contribution is 0.395. The highest BCUT2D eigenvalue weighted by Gasteiger charge is 2.10. The summed E-state index contributed by atoms with van der Waals surface area (Å²) in [5.74, 6) is -2.86. The SMILES string of the molecule is Cc1cc(C)c(NCc2cc(F)c(O)c(F)c2)c(Br)c1. The number of phenolic OH excluding ortho intramolecular Hbond substituents is 1. The van der Waals surface area contributed by atoms with Gasteiger partial charge in [0.15, 0.2) is 17.4 Å². The fourth-order valence-electron chi connectivity index (χ4n) is 2.05. The largest absolute Gasteiger partial charge is 0.503 e. The van der Waals surface area contributed by atoms with E-state index in [1.807, 2.05) is 26.0 Å². The Morgan fingerprint density at radius 2 is 1.70 bits per heavy atom. The minimum atomic E-state index is -0.957. The Morgan fingerprint density at radius 1 is 1.10 bits per heavy atom. The van der Waals surface area contributed by atoms with Crippen LogP contribution in [0.15, 0.2) is 28.7 Å². The molecule has 0 fully saturated rings. The molecule has 0 unspecified atom stereocenters. The predicted octanol–water partition coefficient (Wildman–Crippen LogP) is 4.66. The number of phenols is 1. The van der Waals surface area contributed by atoms with Gasteiger partial charge in [-0.2, -0.15) is 0 Å². The van der Waals surface area contributed by atoms with Crippen molar-refractivity contribution in [2.45, 2.75) is 20.4 Å². The molecule has 106 valence electrons. The van der Waals surface area contributed by atoms with E-state index in [4.69, 9.17) is 5.11 Å². The van der Waals surface area contributed by atoms with Crippen molar-refractivity contribution in [3.63, 3.8) is 0 Å². The van der Waals surface area contributed by atoms with E-state index in [0.29, 0.717) is 5.56 Å². The van der Waals surface area contributed by atoms with Crippen LogP contribution in [0.4, 0.5) is 14.5 Å². The Morgan fingerprint density at radius 3 is 2.25 bits per heavy atom. The van der Waals surface area contributed by atoms with Crippen LogP contribution in [0.2, 0.25) is 0 Å². The summed E-state index contributed by atoms with van der Waals surface area (Å²) < 4.78 is 27.4. The van der Waals surface area contributed by atoms with E-state index < -0.39 is 17.4 Å². The molecule has 2 aromatic rings. The Balaban J connectivity index is 2.21. The van der Waals surface area contributed by atoms with E-state index in [9.17, 15) is 8.78 Å². The van der Waals surface area contributed by atoms with Crippen molar-refractivity contribution in [2.24, 2.45) is 0 Å². The first kappa shape index (κ1) is 14.8. The number of nitrogens with one attached hydrogen (secondary N) is 1. The van der Waals surface area contributed by atoms with Crippen LogP contribution in [0.25, 0.3) is 0 Å². The van der Waals surface area contributed by atoms with Gasteiger partial charge in [-0.05, 0) is 64.7 Å². The van der Waals surface area contributed by atoms with Crippen molar-refractivity contribution >= 4 is 21.6 Å². The van der Waals surface area contributed by atoms with Crippen molar-refractivity contribution in [1.29, 1.82) is 0 Å². The monoisotopic (exact) mass is 341 g/mol. The van der Waals surface area contributed by atoms with Gasteiger partial charge < -0.3 is 10.4 Å². The van der Waals surface area contributed by atoms with E-state index in [1.165, 1.54) is 0 Å². The normalized spacial score (nSPS) is 10.7. The van der Waals surface area contributed by atoms with Gasteiger partial charge >= 0.3 is 0 Å². The molecule has 0 aliphatic carbocycles. The Bertz CT molecular complexity index is 612. The van der Waals surface area contributed by atoms with Gasteiger partial charge in [-0.3, -0.25) is 0 Å². The van der Waals surface area contributed by atoms with Crippen LogP contribution in [0.1, 0.15) is 16.7 Å². The van der Waals surface area contributed by atoms with E-state index in [-0.39, 0.29) is 6.54 Å². The molecule has 5 heteroatoms. The van der Waals surface area contributed by atoms with Gasteiger partial charge in [0.25, 0.3) is 0 Å². The average Bonchev–Trinajstić information content (AvgIpc) is 2.34. The molecule has 0 saturated carbocycles. The zero-order valence-corrected chi connectivity index (χ0v) is 12.7. The van der Waals surface area contributed by atoms with Crippen molar-refractivity contribution in [3.8, 4) is 5.75 Å². The summed E-state index contributed by atoms with van der Waals surface area (Å²) in [5.41, 5.74) is 3.47. The van der Waals surface area contributed by atoms with E-state index in [2.05, 4.69) is 21.2 Å². The van der Waals surface area contributed by atoms with E-state index in [0.717, 1.165) is 33.4 Å². The van der Waals surface area contributed by atoms with Crippen molar-refractivity contribution in [1.82, 2.24) is 0 Å². The zero-order chi connectivity index (χ0) is 14.9. The number of hydrogen-bond acceptors (Lipinski definition) is 2. The zero-order valence-electron chi connectivity index (χ0n) is 11.1. The Labute approximate surface area is 124 Å². The molecule has 0 atom stereocenters. The molecule has 0 aromatic heterocycles. The maximum Gasteiger partial charge on any atom is 0.187 e. The van der Waals surface area contributed by atoms with Crippen LogP contribution in [-0.2, 0) is 6.54 Å². The molecule has 20 heavy (non-hydrogen) atoms. The lowest BCUT2D eigenvalue weighted by atomic mass is 10.1. The summed E-state index contributed by atoms with van der Waals surface area (Å²) in [5, 5.41) is 12.2. The molecule has 0 aliphatic rings. The van der Waals surface area contributed by atoms with Gasteiger partial charge in [0.2, 0.25) is 0 Å². The summed E-state index contributed by atoms with van der Waals surface area (Å²) in [6, 6.07) is 6.21. The third-order valence-corrected chi connectivity index (χ3v) is 3.60. The number of hydrogen-bond donors (Lipinski definition) is 2. The van der Waals surface area contributed by atoms with Crippen LogP contribution >= 0.6 is 15.9 Å². The van der Waals surface area contributed by atoms with Crippen molar-refractivity contribution in [3.05, 3.63) is 57.1 Å². The van der Waals surface area contributed by atoms with Gasteiger partial charge in [0, 0.05) is 11.0 Å². The number of aromatic hydroxyl groups is 1. The van der Waals surface area contributed by atoms with Crippen LogP contribution in [0.3, 0.4) is 0 Å². The fraction of sp³-hybridized carbons (Fsp3) is 0.200. The number of benzene rings is 2. The van der Waals surface area contributed by atoms with Gasteiger partial charge in [-0.1, -0.05) is 6.07 Å². The van der Waals surface area contributed by atoms with E-state index >= 15 is 0 Å². The van der Waals surface area contributed by atoms with Gasteiger partial charge in [-0.25, -0.2) is 8.78 Å². The summed E-state index contributed by atoms with van der Waals surface area (Å²) in [6.45, 7) is 4.21. The summed E-state index contributed by atoms with van der Waals surface area (Å²) in [7, 11) is 0. The second-order valence-corrected chi connectivity index (χ2v) is 5.55. The second-order valence-electron chi connectivity index (χ2n) is 4.70. The quantitative estimate of drug-likeness (QED) is 0.850. The first-order valence-corrected chi connectivity index (χ1v) is 6.85. The molecule has 0 heterocycles. The molecule has 2 aromatic carbocycles. The third kappa shape index (κ3) is 3.10. The molecule has 0 amide bonds. The van der Waals surface area contributed by atoms with Gasteiger partial charge in [0.1, 0.15) is 0 Å². The Hall–Kier alpha value is -1.62. The Kier molecular flexibility index (Phi) is 4.28. The number of anilines is 1. The maximum atomic E-state index is 13.3. The first-order chi connectivity index (χ1) is 9.38. The smallest absolute Gasteiger partial charge is 0.187 e. The van der Waals surface area contributed by atoms with Gasteiger partial charge in [0.05, 0.1) is 5.69 Å². The predicted molar refractivity (Wildman–Crippen MR) is 79.0 cm³/mol. The standard InChI is InChI=1S/C15H14BrF2NO/c1-8-3-9(2)14(11(16)4-8)19-7-10-5-12(17)15(20)13(18)6-10/h3-6,19-20H,7H2,1-2H3. The minimum Gasteiger partial charge on any atom is -0.503 e. The van der Waals surface area contributed by atoms with Gasteiger partial charge in [-0.15, -0.1) is 0 Å². The minimum absolute atomic E-state index is 0.261. The lowest BCUT2D eigenvalue weighted by Gasteiger charge is -2.13. The number of aryl methyl sites for hydroxylation is 2. The number of rotatable bonds is 3. The lowest BCUT2D eigenvalue weighted by Crippen LogP contribution is -2.03. The highest BCUT2D eigenvalue weighted by molar-refractivity contribution is 9.10. The summed E-state index contributed by atoms with van der Waals surface area (Å²) in [4.78, 5) is 0. The molecule has 2 N–H and O–H groups in total. The van der Waals surface area contributed by atoms with Crippen LogP contribution in [0, 0.1) is 25.5 Å². The molecular weight excluding hydrogens is 328 g/mol. The molecular formula is C15H14BrF2NO. The highest BCUT2D eigenvalue weighted by Crippen LogP contribution is 2.29. The molecule has 0 radical (unpaired) electrons. The van der Waals surface area contributed by atoms with Crippen LogP contribution in [0.5, 0.6) is 5.75 Å². The number of halogens is 3. The molecule has 0 saturated heterocycles. The fourth-order valence-corrected chi connectivity index (χ4v) is 2.86. The average molecular weight is 342 g/mol.